The quantitative estimate of drug-likeness (QED) is 0.896. The van der Waals surface area contributed by atoms with Crippen LogP contribution in [0, 0.1) is 11.8 Å². The number of rotatable bonds is 4. The molecule has 2 aliphatic heterocycles. The van der Waals surface area contributed by atoms with Gasteiger partial charge >= 0.3 is 0 Å². The van der Waals surface area contributed by atoms with E-state index in [-0.39, 0.29) is 5.91 Å². The van der Waals surface area contributed by atoms with Gasteiger partial charge in [0, 0.05) is 19.2 Å². The van der Waals surface area contributed by atoms with Gasteiger partial charge < -0.3 is 20.3 Å². The molecule has 0 saturated carbocycles. The Labute approximate surface area is 138 Å². The maximum absolute atomic E-state index is 12.3. The number of benzene rings is 1. The number of likely N-dealkylation sites (N-methyl/N-ethyl adjacent to an activating group) is 1. The summed E-state index contributed by atoms with van der Waals surface area (Å²) in [5.41, 5.74) is 1.89. The Balaban J connectivity index is 1.58. The SMILES string of the molecule is CC(CC(=O)Nc1ccc2c(c1)N(C)CCO2)C1CCNCC1. The number of piperidine rings is 1. The summed E-state index contributed by atoms with van der Waals surface area (Å²) in [6.07, 6.45) is 2.94. The molecule has 0 aliphatic carbocycles. The lowest BCUT2D eigenvalue weighted by Gasteiger charge is -2.29. The molecule has 0 spiro atoms. The minimum Gasteiger partial charge on any atom is -0.490 e. The molecule has 5 heteroatoms. The first-order valence-corrected chi connectivity index (χ1v) is 8.62. The van der Waals surface area contributed by atoms with Crippen LogP contribution < -0.4 is 20.3 Å². The molecule has 1 atom stereocenters. The minimum absolute atomic E-state index is 0.107. The van der Waals surface area contributed by atoms with E-state index in [0.29, 0.717) is 24.9 Å². The van der Waals surface area contributed by atoms with E-state index >= 15 is 0 Å². The number of fused-ring (bicyclic) bond motifs is 1. The summed E-state index contributed by atoms with van der Waals surface area (Å²) in [7, 11) is 2.05. The summed E-state index contributed by atoms with van der Waals surface area (Å²) < 4.78 is 5.64. The second-order valence-corrected chi connectivity index (χ2v) is 6.77. The molecule has 1 fully saturated rings. The Hall–Kier alpha value is -1.75. The largest absolute Gasteiger partial charge is 0.490 e. The van der Waals surface area contributed by atoms with Crippen LogP contribution in [-0.2, 0) is 4.79 Å². The van der Waals surface area contributed by atoms with Crippen molar-refractivity contribution in [1.29, 1.82) is 0 Å². The Kier molecular flexibility index (Phi) is 5.06. The lowest BCUT2D eigenvalue weighted by molar-refractivity contribution is -0.117. The third-order valence-corrected chi connectivity index (χ3v) is 5.03. The highest BCUT2D eigenvalue weighted by atomic mass is 16.5. The number of anilines is 2. The zero-order chi connectivity index (χ0) is 16.2. The molecule has 1 amide bonds. The van der Waals surface area contributed by atoms with Crippen LogP contribution in [0.2, 0.25) is 0 Å². The number of amides is 1. The molecule has 1 unspecified atom stereocenters. The molecule has 2 N–H and O–H groups in total. The van der Waals surface area contributed by atoms with E-state index in [9.17, 15) is 4.79 Å². The van der Waals surface area contributed by atoms with Crippen molar-refractivity contribution in [2.24, 2.45) is 11.8 Å². The van der Waals surface area contributed by atoms with E-state index in [1.165, 1.54) is 12.8 Å². The van der Waals surface area contributed by atoms with Crippen LogP contribution >= 0.6 is 0 Å². The van der Waals surface area contributed by atoms with Gasteiger partial charge in [-0.1, -0.05) is 6.92 Å². The van der Waals surface area contributed by atoms with E-state index in [4.69, 9.17) is 4.74 Å². The minimum atomic E-state index is 0.107. The van der Waals surface area contributed by atoms with E-state index < -0.39 is 0 Å². The number of carbonyl (C=O) groups excluding carboxylic acids is 1. The molecule has 2 heterocycles. The van der Waals surface area contributed by atoms with Crippen molar-refractivity contribution in [2.75, 3.05) is 43.5 Å². The smallest absolute Gasteiger partial charge is 0.224 e. The van der Waals surface area contributed by atoms with Crippen LogP contribution in [0.3, 0.4) is 0 Å². The van der Waals surface area contributed by atoms with Gasteiger partial charge in [0.1, 0.15) is 12.4 Å². The molecule has 1 saturated heterocycles. The average Bonchev–Trinajstić information content (AvgIpc) is 2.56. The first-order chi connectivity index (χ1) is 11.1. The van der Waals surface area contributed by atoms with Gasteiger partial charge in [-0.05, 0) is 56.0 Å². The van der Waals surface area contributed by atoms with E-state index in [1.807, 2.05) is 25.2 Å². The second-order valence-electron chi connectivity index (χ2n) is 6.77. The van der Waals surface area contributed by atoms with Crippen LogP contribution in [0.4, 0.5) is 11.4 Å². The fraction of sp³-hybridized carbons (Fsp3) is 0.611. The van der Waals surface area contributed by atoms with Gasteiger partial charge in [0.2, 0.25) is 5.91 Å². The Morgan fingerprint density at radius 3 is 3.00 bits per heavy atom. The molecule has 0 bridgehead atoms. The van der Waals surface area contributed by atoms with Crippen LogP contribution in [0.15, 0.2) is 18.2 Å². The molecule has 1 aromatic carbocycles. The maximum atomic E-state index is 12.3. The highest BCUT2D eigenvalue weighted by molar-refractivity contribution is 5.91. The van der Waals surface area contributed by atoms with Gasteiger partial charge in [-0.2, -0.15) is 0 Å². The topological polar surface area (TPSA) is 53.6 Å². The summed E-state index contributed by atoms with van der Waals surface area (Å²) in [5.74, 6) is 2.08. The Morgan fingerprint density at radius 1 is 1.43 bits per heavy atom. The number of carbonyl (C=O) groups is 1. The van der Waals surface area contributed by atoms with Crippen LogP contribution in [0.25, 0.3) is 0 Å². The van der Waals surface area contributed by atoms with Gasteiger partial charge in [0.05, 0.1) is 12.2 Å². The van der Waals surface area contributed by atoms with Crippen molar-refractivity contribution in [2.45, 2.75) is 26.2 Å². The number of hydrogen-bond acceptors (Lipinski definition) is 4. The standard InChI is InChI=1S/C18H27N3O2/c1-13(14-5-7-19-8-6-14)11-18(22)20-15-3-4-17-16(12-15)21(2)9-10-23-17/h3-4,12-14,19H,5-11H2,1-2H3,(H,20,22). The highest BCUT2D eigenvalue weighted by Gasteiger charge is 2.22. The lowest BCUT2D eigenvalue weighted by atomic mass is 9.84. The monoisotopic (exact) mass is 317 g/mol. The van der Waals surface area contributed by atoms with E-state index in [2.05, 4.69) is 22.5 Å². The normalized spacial score (nSPS) is 19.7. The van der Waals surface area contributed by atoms with Crippen molar-refractivity contribution < 1.29 is 9.53 Å². The van der Waals surface area contributed by atoms with Crippen molar-refractivity contribution in [3.05, 3.63) is 18.2 Å². The fourth-order valence-corrected chi connectivity index (χ4v) is 3.51. The maximum Gasteiger partial charge on any atom is 0.224 e. The van der Waals surface area contributed by atoms with Crippen molar-refractivity contribution in [3.63, 3.8) is 0 Å². The molecule has 126 valence electrons. The van der Waals surface area contributed by atoms with Gasteiger partial charge in [-0.3, -0.25) is 4.79 Å². The zero-order valence-electron chi connectivity index (χ0n) is 14.1. The molecular weight excluding hydrogens is 290 g/mol. The third kappa shape index (κ3) is 3.96. The Bertz CT molecular complexity index is 555. The molecule has 23 heavy (non-hydrogen) atoms. The number of hydrogen-bond donors (Lipinski definition) is 2. The first-order valence-electron chi connectivity index (χ1n) is 8.62. The molecule has 0 radical (unpaired) electrons. The summed E-state index contributed by atoms with van der Waals surface area (Å²) in [5, 5.41) is 6.42. The molecule has 3 rings (SSSR count). The number of nitrogens with one attached hydrogen (secondary N) is 2. The molecule has 0 aromatic heterocycles. The molecular formula is C18H27N3O2. The van der Waals surface area contributed by atoms with Gasteiger partial charge in [-0.25, -0.2) is 0 Å². The molecule has 2 aliphatic rings. The first kappa shape index (κ1) is 16.1. The third-order valence-electron chi connectivity index (χ3n) is 5.03. The summed E-state index contributed by atoms with van der Waals surface area (Å²) in [4.78, 5) is 14.5. The van der Waals surface area contributed by atoms with Crippen LogP contribution in [0.1, 0.15) is 26.2 Å². The number of ether oxygens (including phenoxy) is 1. The van der Waals surface area contributed by atoms with E-state index in [0.717, 1.165) is 36.8 Å². The average molecular weight is 317 g/mol. The molecule has 5 nitrogen and oxygen atoms in total. The van der Waals surface area contributed by atoms with Crippen molar-refractivity contribution >= 4 is 17.3 Å². The fourth-order valence-electron chi connectivity index (χ4n) is 3.51. The summed E-state index contributed by atoms with van der Waals surface area (Å²) >= 11 is 0. The lowest BCUT2D eigenvalue weighted by Crippen LogP contribution is -2.32. The highest BCUT2D eigenvalue weighted by Crippen LogP contribution is 2.33. The summed E-state index contributed by atoms with van der Waals surface area (Å²) in [6, 6.07) is 5.86. The number of nitrogens with zero attached hydrogens (tertiary/aromatic N) is 1. The molecule has 1 aromatic rings. The van der Waals surface area contributed by atoms with Gasteiger partial charge in [-0.15, -0.1) is 0 Å². The van der Waals surface area contributed by atoms with Crippen LogP contribution in [-0.4, -0.2) is 39.2 Å². The Morgan fingerprint density at radius 2 is 2.22 bits per heavy atom. The predicted molar refractivity (Wildman–Crippen MR) is 93.2 cm³/mol. The summed E-state index contributed by atoms with van der Waals surface area (Å²) in [6.45, 7) is 5.94. The van der Waals surface area contributed by atoms with Gasteiger partial charge in [0.25, 0.3) is 0 Å². The van der Waals surface area contributed by atoms with Gasteiger partial charge in [0.15, 0.2) is 0 Å². The predicted octanol–water partition coefficient (Wildman–Crippen LogP) is 2.48. The van der Waals surface area contributed by atoms with Crippen molar-refractivity contribution in [3.8, 4) is 5.75 Å². The van der Waals surface area contributed by atoms with E-state index in [1.54, 1.807) is 0 Å². The van der Waals surface area contributed by atoms with Crippen molar-refractivity contribution in [1.82, 2.24) is 5.32 Å². The van der Waals surface area contributed by atoms with Crippen LogP contribution in [0.5, 0.6) is 5.75 Å². The second kappa shape index (κ2) is 7.21. The zero-order valence-corrected chi connectivity index (χ0v) is 14.1.